The summed E-state index contributed by atoms with van der Waals surface area (Å²) in [7, 11) is 0. The molecule has 1 heterocycles. The van der Waals surface area contributed by atoms with Crippen molar-refractivity contribution in [1.29, 1.82) is 0 Å². The molecule has 0 radical (unpaired) electrons. The average molecular weight is 318 g/mol. The number of benzene rings is 1. The molecule has 116 valence electrons. The first-order valence-electron chi connectivity index (χ1n) is 7.62. The van der Waals surface area contributed by atoms with Crippen molar-refractivity contribution < 1.29 is 4.79 Å². The third-order valence-corrected chi connectivity index (χ3v) is 4.38. The van der Waals surface area contributed by atoms with Gasteiger partial charge in [-0.25, -0.2) is 0 Å². The molecule has 1 amide bonds. The molecule has 22 heavy (non-hydrogen) atoms. The van der Waals surface area contributed by atoms with E-state index < -0.39 is 0 Å². The van der Waals surface area contributed by atoms with Crippen molar-refractivity contribution in [2.75, 3.05) is 5.32 Å². The molecule has 0 saturated carbocycles. The van der Waals surface area contributed by atoms with Crippen LogP contribution in [0.25, 0.3) is 0 Å². The van der Waals surface area contributed by atoms with Gasteiger partial charge in [-0.3, -0.25) is 9.48 Å². The zero-order valence-electron chi connectivity index (χ0n) is 12.9. The van der Waals surface area contributed by atoms with E-state index in [-0.39, 0.29) is 12.5 Å². The minimum absolute atomic E-state index is 0.112. The standard InChI is InChI=1S/C17H20ClN3O/c1-11-3-5-15-13(7-11)9-21(20-15)10-17(22)19-16-6-4-12(2)8-14(16)18/h4,6,8-9,11H,3,5,7,10H2,1-2H3,(H,19,22)/t11-/m0/s1. The lowest BCUT2D eigenvalue weighted by Crippen LogP contribution is -2.19. The summed E-state index contributed by atoms with van der Waals surface area (Å²) in [6, 6.07) is 5.59. The second-order valence-corrected chi connectivity index (χ2v) is 6.59. The van der Waals surface area contributed by atoms with E-state index in [2.05, 4.69) is 17.3 Å². The quantitative estimate of drug-likeness (QED) is 0.940. The first-order valence-corrected chi connectivity index (χ1v) is 8.00. The van der Waals surface area contributed by atoms with Crippen molar-refractivity contribution in [2.24, 2.45) is 5.92 Å². The van der Waals surface area contributed by atoms with Crippen LogP contribution < -0.4 is 5.32 Å². The Balaban J connectivity index is 1.67. The fourth-order valence-corrected chi connectivity index (χ4v) is 3.17. The van der Waals surface area contributed by atoms with Crippen molar-refractivity contribution in [3.63, 3.8) is 0 Å². The molecular weight excluding hydrogens is 298 g/mol. The van der Waals surface area contributed by atoms with E-state index in [4.69, 9.17) is 11.6 Å². The van der Waals surface area contributed by atoms with E-state index in [0.29, 0.717) is 16.6 Å². The van der Waals surface area contributed by atoms with Crippen molar-refractivity contribution in [3.05, 3.63) is 46.2 Å². The second-order valence-electron chi connectivity index (χ2n) is 6.18. The summed E-state index contributed by atoms with van der Waals surface area (Å²) in [6.45, 7) is 4.44. The Morgan fingerprint density at radius 1 is 1.50 bits per heavy atom. The number of nitrogens with one attached hydrogen (secondary N) is 1. The molecule has 0 spiro atoms. The zero-order chi connectivity index (χ0) is 15.7. The number of aromatic nitrogens is 2. The number of amides is 1. The van der Waals surface area contributed by atoms with E-state index in [9.17, 15) is 4.79 Å². The normalized spacial score (nSPS) is 17.1. The number of hydrogen-bond acceptors (Lipinski definition) is 2. The summed E-state index contributed by atoms with van der Waals surface area (Å²) in [6.07, 6.45) is 5.24. The van der Waals surface area contributed by atoms with Gasteiger partial charge in [0, 0.05) is 6.20 Å². The number of rotatable bonds is 3. The van der Waals surface area contributed by atoms with Gasteiger partial charge in [0.05, 0.1) is 16.4 Å². The van der Waals surface area contributed by atoms with Gasteiger partial charge < -0.3 is 5.32 Å². The topological polar surface area (TPSA) is 46.9 Å². The number of aryl methyl sites for hydroxylation is 2. The molecule has 1 aromatic heterocycles. The number of fused-ring (bicyclic) bond motifs is 1. The lowest BCUT2D eigenvalue weighted by atomic mass is 9.89. The van der Waals surface area contributed by atoms with E-state index in [0.717, 1.165) is 24.1 Å². The summed E-state index contributed by atoms with van der Waals surface area (Å²) in [5.41, 5.74) is 4.12. The molecule has 0 aliphatic heterocycles. The Bertz CT molecular complexity index is 708. The van der Waals surface area contributed by atoms with E-state index in [1.54, 1.807) is 4.68 Å². The summed E-state index contributed by atoms with van der Waals surface area (Å²) in [4.78, 5) is 12.2. The highest BCUT2D eigenvalue weighted by Crippen LogP contribution is 2.24. The minimum Gasteiger partial charge on any atom is -0.323 e. The molecule has 3 rings (SSSR count). The SMILES string of the molecule is Cc1ccc(NC(=O)Cn2cc3c(n2)CC[C@H](C)C3)c(Cl)c1. The van der Waals surface area contributed by atoms with Gasteiger partial charge in [0.15, 0.2) is 0 Å². The van der Waals surface area contributed by atoms with Crippen LogP contribution in [-0.2, 0) is 24.2 Å². The number of anilines is 1. The Morgan fingerprint density at radius 3 is 3.09 bits per heavy atom. The number of carbonyl (C=O) groups excluding carboxylic acids is 1. The van der Waals surface area contributed by atoms with Gasteiger partial charge in [0.1, 0.15) is 6.54 Å². The predicted octanol–water partition coefficient (Wildman–Crippen LogP) is 3.61. The van der Waals surface area contributed by atoms with Crippen LogP contribution in [0.15, 0.2) is 24.4 Å². The van der Waals surface area contributed by atoms with E-state index in [1.165, 1.54) is 12.0 Å². The fraction of sp³-hybridized carbons (Fsp3) is 0.412. The molecule has 0 bridgehead atoms. The summed E-state index contributed by atoms with van der Waals surface area (Å²) >= 11 is 6.14. The number of halogens is 1. The molecule has 2 aromatic rings. The Labute approximate surface area is 135 Å². The smallest absolute Gasteiger partial charge is 0.246 e. The highest BCUT2D eigenvalue weighted by molar-refractivity contribution is 6.33. The Morgan fingerprint density at radius 2 is 2.32 bits per heavy atom. The molecule has 1 atom stereocenters. The van der Waals surface area contributed by atoms with Crippen molar-refractivity contribution in [1.82, 2.24) is 9.78 Å². The van der Waals surface area contributed by atoms with Crippen LogP contribution >= 0.6 is 11.6 Å². The van der Waals surface area contributed by atoms with Gasteiger partial charge in [-0.15, -0.1) is 0 Å². The van der Waals surface area contributed by atoms with Crippen LogP contribution in [0.4, 0.5) is 5.69 Å². The molecule has 0 fully saturated rings. The van der Waals surface area contributed by atoms with Crippen LogP contribution in [0.2, 0.25) is 5.02 Å². The van der Waals surface area contributed by atoms with Gasteiger partial charge >= 0.3 is 0 Å². The molecule has 1 aliphatic carbocycles. The molecule has 4 nitrogen and oxygen atoms in total. The van der Waals surface area contributed by atoms with Crippen molar-refractivity contribution in [3.8, 4) is 0 Å². The van der Waals surface area contributed by atoms with Crippen molar-refractivity contribution in [2.45, 2.75) is 39.7 Å². The number of hydrogen-bond donors (Lipinski definition) is 1. The monoisotopic (exact) mass is 317 g/mol. The Hall–Kier alpha value is -1.81. The maximum absolute atomic E-state index is 12.2. The fourth-order valence-electron chi connectivity index (χ4n) is 2.88. The van der Waals surface area contributed by atoms with E-state index in [1.807, 2.05) is 31.3 Å². The molecule has 0 saturated heterocycles. The molecule has 5 heteroatoms. The predicted molar refractivity (Wildman–Crippen MR) is 88.2 cm³/mol. The van der Waals surface area contributed by atoms with Gasteiger partial charge in [0.25, 0.3) is 0 Å². The third kappa shape index (κ3) is 3.33. The lowest BCUT2D eigenvalue weighted by molar-refractivity contribution is -0.116. The van der Waals surface area contributed by atoms with E-state index >= 15 is 0 Å². The van der Waals surface area contributed by atoms with Gasteiger partial charge in [-0.2, -0.15) is 5.10 Å². The maximum Gasteiger partial charge on any atom is 0.246 e. The Kier molecular flexibility index (Phi) is 4.21. The zero-order valence-corrected chi connectivity index (χ0v) is 13.7. The lowest BCUT2D eigenvalue weighted by Gasteiger charge is -2.15. The summed E-state index contributed by atoms with van der Waals surface area (Å²) in [5.74, 6) is 0.587. The van der Waals surface area contributed by atoms with Gasteiger partial charge in [0.2, 0.25) is 5.91 Å². The average Bonchev–Trinajstić information content (AvgIpc) is 2.83. The van der Waals surface area contributed by atoms with Crippen LogP contribution in [0.3, 0.4) is 0 Å². The molecule has 0 unspecified atom stereocenters. The number of carbonyl (C=O) groups is 1. The summed E-state index contributed by atoms with van der Waals surface area (Å²) < 4.78 is 1.74. The second kappa shape index (κ2) is 6.13. The van der Waals surface area contributed by atoms with Crippen LogP contribution in [0.1, 0.15) is 30.2 Å². The highest BCUT2D eigenvalue weighted by atomic mass is 35.5. The number of nitrogens with zero attached hydrogens (tertiary/aromatic N) is 2. The largest absolute Gasteiger partial charge is 0.323 e. The minimum atomic E-state index is -0.112. The van der Waals surface area contributed by atoms with Crippen LogP contribution in [0, 0.1) is 12.8 Å². The third-order valence-electron chi connectivity index (χ3n) is 4.07. The highest BCUT2D eigenvalue weighted by Gasteiger charge is 2.19. The first-order chi connectivity index (χ1) is 10.5. The van der Waals surface area contributed by atoms with Crippen molar-refractivity contribution >= 4 is 23.2 Å². The van der Waals surface area contributed by atoms with Crippen LogP contribution in [-0.4, -0.2) is 15.7 Å². The molecule has 1 N–H and O–H groups in total. The summed E-state index contributed by atoms with van der Waals surface area (Å²) in [5, 5.41) is 7.93. The van der Waals surface area contributed by atoms with Crippen LogP contribution in [0.5, 0.6) is 0 Å². The first kappa shape index (κ1) is 15.1. The van der Waals surface area contributed by atoms with Gasteiger partial charge in [-0.05, 0) is 55.4 Å². The molecule has 1 aliphatic rings. The maximum atomic E-state index is 12.2. The molecule has 1 aromatic carbocycles. The molecular formula is C17H20ClN3O. The van der Waals surface area contributed by atoms with Gasteiger partial charge in [-0.1, -0.05) is 24.6 Å².